The van der Waals surface area contributed by atoms with Gasteiger partial charge in [0.1, 0.15) is 0 Å². The zero-order valence-electron chi connectivity index (χ0n) is 7.53. The van der Waals surface area contributed by atoms with E-state index in [4.69, 9.17) is 17.0 Å². The van der Waals surface area contributed by atoms with Gasteiger partial charge in [0.15, 0.2) is 0 Å². The second-order valence-corrected chi connectivity index (χ2v) is 6.41. The molecule has 0 heterocycles. The Hall–Kier alpha value is 0.943. The van der Waals surface area contributed by atoms with Crippen LogP contribution in [0.5, 0.6) is 0 Å². The van der Waals surface area contributed by atoms with Gasteiger partial charge < -0.3 is 0 Å². The van der Waals surface area contributed by atoms with Gasteiger partial charge >= 0.3 is 37.9 Å². The molecular weight excluding hydrogens is 270 g/mol. The van der Waals surface area contributed by atoms with Crippen molar-refractivity contribution in [1.29, 1.82) is 0 Å². The third-order valence-corrected chi connectivity index (χ3v) is 1.81. The first kappa shape index (κ1) is 12.9. The van der Waals surface area contributed by atoms with Gasteiger partial charge in [-0.15, -0.1) is 0 Å². The first-order chi connectivity index (χ1) is 5.76. The van der Waals surface area contributed by atoms with Crippen LogP contribution in [0.25, 0.3) is 0 Å². The Kier molecular flexibility index (Phi) is 9.21. The molecule has 0 amide bonds. The monoisotopic (exact) mass is 282 g/mol. The summed E-state index contributed by atoms with van der Waals surface area (Å²) in [5, 5.41) is 0. The van der Waals surface area contributed by atoms with E-state index in [1.807, 2.05) is 0 Å². The quantitative estimate of drug-likeness (QED) is 0.703. The minimum atomic E-state index is -0.826. The van der Waals surface area contributed by atoms with E-state index in [1.54, 1.807) is 5.57 Å². The van der Waals surface area contributed by atoms with Gasteiger partial charge in [-0.3, -0.25) is 0 Å². The maximum atomic E-state index is 4.93. The van der Waals surface area contributed by atoms with Gasteiger partial charge in [-0.1, -0.05) is 31.1 Å². The maximum absolute atomic E-state index is 4.93. The van der Waals surface area contributed by atoms with Gasteiger partial charge in [-0.2, -0.15) is 0 Å². The standard InChI is InChI=1S/C9H14.2ClH.Zr/c1-3-5-9-7-4-6-8(9)2;;;/h6-7H,3-5H2,1-2H3;2*1H;/q;;;+2/p-2. The topological polar surface area (TPSA) is 0 Å². The van der Waals surface area contributed by atoms with Gasteiger partial charge in [-0.05, 0) is 25.3 Å². The van der Waals surface area contributed by atoms with Crippen molar-refractivity contribution in [3.05, 3.63) is 23.3 Å². The summed E-state index contributed by atoms with van der Waals surface area (Å²) in [6.07, 6.45) is 8.34. The Morgan fingerprint density at radius 1 is 1.42 bits per heavy atom. The molecule has 0 aromatic carbocycles. The van der Waals surface area contributed by atoms with Crippen molar-refractivity contribution in [3.63, 3.8) is 0 Å². The van der Waals surface area contributed by atoms with Crippen LogP contribution in [0, 0.1) is 0 Å². The summed E-state index contributed by atoms with van der Waals surface area (Å²) in [5.41, 5.74) is 3.06. The molecule has 0 aliphatic heterocycles. The molecule has 0 spiro atoms. The minimum absolute atomic E-state index is 0.826. The summed E-state index contributed by atoms with van der Waals surface area (Å²) in [5.74, 6) is 0. The van der Waals surface area contributed by atoms with Crippen LogP contribution in [-0.4, -0.2) is 0 Å². The Morgan fingerprint density at radius 3 is 2.33 bits per heavy atom. The zero-order valence-corrected chi connectivity index (χ0v) is 11.5. The molecule has 1 rings (SSSR count). The Balaban J connectivity index is 0.000000354. The van der Waals surface area contributed by atoms with Gasteiger partial charge in [0, 0.05) is 0 Å². The molecule has 0 atom stereocenters. The summed E-state index contributed by atoms with van der Waals surface area (Å²) in [6.45, 7) is 4.43. The van der Waals surface area contributed by atoms with Crippen LogP contribution in [0.3, 0.4) is 0 Å². The molecule has 0 saturated heterocycles. The van der Waals surface area contributed by atoms with Crippen LogP contribution in [0.15, 0.2) is 23.3 Å². The number of hydrogen-bond acceptors (Lipinski definition) is 0. The number of halogens is 2. The molecule has 0 fully saturated rings. The van der Waals surface area contributed by atoms with E-state index in [0.717, 1.165) is 0 Å². The van der Waals surface area contributed by atoms with E-state index in [1.165, 1.54) is 24.8 Å². The van der Waals surface area contributed by atoms with Gasteiger partial charge in [0.25, 0.3) is 0 Å². The van der Waals surface area contributed by atoms with E-state index >= 15 is 0 Å². The molecule has 12 heavy (non-hydrogen) atoms. The summed E-state index contributed by atoms with van der Waals surface area (Å²) in [6, 6.07) is 0. The Bertz CT molecular complexity index is 173. The second kappa shape index (κ2) is 8.54. The van der Waals surface area contributed by atoms with E-state index in [2.05, 4.69) is 26.0 Å². The van der Waals surface area contributed by atoms with Crippen molar-refractivity contribution in [2.75, 3.05) is 0 Å². The molecule has 68 valence electrons. The molecule has 1 aliphatic carbocycles. The molecule has 0 unspecified atom stereocenters. The van der Waals surface area contributed by atoms with Crippen LogP contribution in [0.1, 0.15) is 33.1 Å². The summed E-state index contributed by atoms with van der Waals surface area (Å²) < 4.78 is 0. The molecule has 0 N–H and O–H groups in total. The van der Waals surface area contributed by atoms with Gasteiger partial charge in [0.2, 0.25) is 0 Å². The Labute approximate surface area is 93.7 Å². The first-order valence-electron chi connectivity index (χ1n) is 4.08. The molecule has 0 saturated carbocycles. The number of allylic oxidation sites excluding steroid dienone is 4. The van der Waals surface area contributed by atoms with E-state index in [-0.39, 0.29) is 0 Å². The number of rotatable bonds is 2. The predicted molar refractivity (Wildman–Crippen MR) is 53.1 cm³/mol. The summed E-state index contributed by atoms with van der Waals surface area (Å²) >= 11 is -0.826. The van der Waals surface area contributed by atoms with Crippen molar-refractivity contribution in [3.8, 4) is 0 Å². The fraction of sp³-hybridized carbons (Fsp3) is 0.556. The van der Waals surface area contributed by atoms with Crippen molar-refractivity contribution in [1.82, 2.24) is 0 Å². The van der Waals surface area contributed by atoms with Crippen molar-refractivity contribution in [2.45, 2.75) is 33.1 Å². The molecule has 3 heteroatoms. The molecule has 1 aliphatic rings. The van der Waals surface area contributed by atoms with E-state index in [0.29, 0.717) is 0 Å². The van der Waals surface area contributed by atoms with Gasteiger partial charge in [0.05, 0.1) is 0 Å². The van der Waals surface area contributed by atoms with Crippen LogP contribution < -0.4 is 0 Å². The first-order valence-corrected chi connectivity index (χ1v) is 10.4. The third-order valence-electron chi connectivity index (χ3n) is 1.81. The average Bonchev–Trinajstić information content (AvgIpc) is 2.39. The van der Waals surface area contributed by atoms with Crippen LogP contribution >= 0.6 is 17.0 Å². The normalized spacial score (nSPS) is 14.3. The zero-order chi connectivity index (χ0) is 9.40. The van der Waals surface area contributed by atoms with Crippen LogP contribution in [-0.2, 0) is 20.8 Å². The molecule has 0 nitrogen and oxygen atoms in total. The average molecular weight is 284 g/mol. The van der Waals surface area contributed by atoms with Gasteiger partial charge in [-0.25, -0.2) is 0 Å². The second-order valence-electron chi connectivity index (χ2n) is 2.67. The fourth-order valence-electron chi connectivity index (χ4n) is 1.24. The van der Waals surface area contributed by atoms with E-state index < -0.39 is 20.8 Å². The van der Waals surface area contributed by atoms with E-state index in [9.17, 15) is 0 Å². The molecule has 0 aromatic heterocycles. The molecule has 0 bridgehead atoms. The third kappa shape index (κ3) is 5.57. The molecular formula is C9H14Cl2Zr. The molecule has 0 radical (unpaired) electrons. The van der Waals surface area contributed by atoms with Crippen molar-refractivity contribution in [2.24, 2.45) is 0 Å². The van der Waals surface area contributed by atoms with Crippen LogP contribution in [0.2, 0.25) is 0 Å². The summed E-state index contributed by atoms with van der Waals surface area (Å²) in [7, 11) is 9.87. The Morgan fingerprint density at radius 2 is 2.00 bits per heavy atom. The molecule has 0 aromatic rings. The van der Waals surface area contributed by atoms with Crippen molar-refractivity contribution < 1.29 is 20.8 Å². The number of hydrogen-bond donors (Lipinski definition) is 0. The fourth-order valence-corrected chi connectivity index (χ4v) is 1.24. The predicted octanol–water partition coefficient (Wildman–Crippen LogP) is 4.44. The van der Waals surface area contributed by atoms with Crippen molar-refractivity contribution >= 4 is 17.0 Å². The summed E-state index contributed by atoms with van der Waals surface area (Å²) in [4.78, 5) is 0. The van der Waals surface area contributed by atoms with Crippen LogP contribution in [0.4, 0.5) is 0 Å². The SMILES string of the molecule is CCCC1=CCC=C1C.[Cl][Zr][Cl].